The summed E-state index contributed by atoms with van der Waals surface area (Å²) in [6, 6.07) is 11.8. The Labute approximate surface area is 165 Å². The molecular formula is C18H18FN7O3. The van der Waals surface area contributed by atoms with Crippen molar-refractivity contribution in [3.05, 3.63) is 60.2 Å². The normalized spacial score (nSPS) is 10.4. The zero-order valence-electron chi connectivity index (χ0n) is 15.4. The Morgan fingerprint density at radius 3 is 2.59 bits per heavy atom. The van der Waals surface area contributed by atoms with Crippen LogP contribution in [0.2, 0.25) is 0 Å². The first kappa shape index (κ1) is 19.9. The Bertz CT molecular complexity index is 991. The topological polar surface area (TPSA) is 123 Å². The molecule has 0 spiro atoms. The molecule has 0 fully saturated rings. The van der Waals surface area contributed by atoms with Crippen molar-refractivity contribution in [2.45, 2.75) is 0 Å². The molecule has 0 aliphatic heterocycles. The Morgan fingerprint density at radius 1 is 1.10 bits per heavy atom. The van der Waals surface area contributed by atoms with Gasteiger partial charge in [0.05, 0.1) is 18.0 Å². The number of anilines is 2. The summed E-state index contributed by atoms with van der Waals surface area (Å²) in [6.07, 6.45) is 0. The van der Waals surface area contributed by atoms with Crippen LogP contribution >= 0.6 is 0 Å². The monoisotopic (exact) mass is 399 g/mol. The predicted molar refractivity (Wildman–Crippen MR) is 102 cm³/mol. The number of hydrogen-bond acceptors (Lipinski definition) is 6. The van der Waals surface area contributed by atoms with Gasteiger partial charge in [0.2, 0.25) is 0 Å². The fourth-order valence-corrected chi connectivity index (χ4v) is 2.29. The minimum Gasteiger partial charge on any atom is -0.383 e. The average molecular weight is 399 g/mol. The highest BCUT2D eigenvalue weighted by Crippen LogP contribution is 2.15. The number of ether oxygens (including phenoxy) is 1. The standard InChI is InChI=1S/C18H18FN7O3/c1-29-11-10-20-17(27)16-23-25-26(24-16)13-8-6-12(7-9-13)21-18(28)22-15-5-3-2-4-14(15)19/h2-9H,10-11H2,1H3,(H,20,27)(H2,21,22,28). The van der Waals surface area contributed by atoms with Gasteiger partial charge in [-0.25, -0.2) is 9.18 Å². The molecular weight excluding hydrogens is 381 g/mol. The van der Waals surface area contributed by atoms with E-state index in [9.17, 15) is 14.0 Å². The molecule has 11 heteroatoms. The minimum atomic E-state index is -0.586. The number of tetrazole rings is 1. The molecule has 1 heterocycles. The molecule has 150 valence electrons. The van der Waals surface area contributed by atoms with Crippen molar-refractivity contribution in [3.8, 4) is 5.69 Å². The average Bonchev–Trinajstić information content (AvgIpc) is 3.21. The van der Waals surface area contributed by atoms with E-state index in [1.165, 1.54) is 30.1 Å². The van der Waals surface area contributed by atoms with Crippen molar-refractivity contribution in [3.63, 3.8) is 0 Å². The first-order valence-corrected chi connectivity index (χ1v) is 8.57. The van der Waals surface area contributed by atoms with Crippen LogP contribution < -0.4 is 16.0 Å². The van der Waals surface area contributed by atoms with Crippen LogP contribution in [-0.4, -0.2) is 52.4 Å². The summed E-state index contributed by atoms with van der Waals surface area (Å²) in [5.41, 5.74) is 1.08. The quantitative estimate of drug-likeness (QED) is 0.521. The number of benzene rings is 2. The highest BCUT2D eigenvalue weighted by molar-refractivity contribution is 5.99. The number of halogens is 1. The van der Waals surface area contributed by atoms with Gasteiger partial charge in [-0.15, -0.1) is 15.0 Å². The van der Waals surface area contributed by atoms with E-state index < -0.39 is 17.8 Å². The number of aromatic nitrogens is 4. The number of amides is 3. The molecule has 3 rings (SSSR count). The SMILES string of the molecule is COCCNC(=O)c1nnn(-c2ccc(NC(=O)Nc3ccccc3F)cc2)n1. The van der Waals surface area contributed by atoms with Crippen LogP contribution in [0.15, 0.2) is 48.5 Å². The van der Waals surface area contributed by atoms with Crippen LogP contribution in [0, 0.1) is 5.82 Å². The lowest BCUT2D eigenvalue weighted by atomic mass is 10.3. The molecule has 0 radical (unpaired) electrons. The third-order valence-corrected chi connectivity index (χ3v) is 3.69. The molecule has 3 N–H and O–H groups in total. The summed E-state index contributed by atoms with van der Waals surface area (Å²) in [5, 5.41) is 19.2. The van der Waals surface area contributed by atoms with Gasteiger partial charge in [0.1, 0.15) is 5.82 Å². The summed E-state index contributed by atoms with van der Waals surface area (Å²) in [7, 11) is 1.53. The maximum atomic E-state index is 13.6. The number of nitrogens with zero attached hydrogens (tertiary/aromatic N) is 4. The van der Waals surface area contributed by atoms with Gasteiger partial charge in [0.15, 0.2) is 0 Å². The molecule has 3 aromatic rings. The molecule has 0 aliphatic carbocycles. The van der Waals surface area contributed by atoms with E-state index in [0.717, 1.165) is 0 Å². The van der Waals surface area contributed by atoms with Crippen molar-refractivity contribution >= 4 is 23.3 Å². The van der Waals surface area contributed by atoms with Crippen LogP contribution in [0.5, 0.6) is 0 Å². The van der Waals surface area contributed by atoms with Crippen LogP contribution in [-0.2, 0) is 4.74 Å². The number of nitrogens with one attached hydrogen (secondary N) is 3. The zero-order chi connectivity index (χ0) is 20.6. The lowest BCUT2D eigenvalue weighted by Gasteiger charge is -2.08. The fourth-order valence-electron chi connectivity index (χ4n) is 2.29. The fraction of sp³-hybridized carbons (Fsp3) is 0.167. The molecule has 29 heavy (non-hydrogen) atoms. The lowest BCUT2D eigenvalue weighted by Crippen LogP contribution is -2.28. The maximum absolute atomic E-state index is 13.6. The Kier molecular flexibility index (Phi) is 6.43. The van der Waals surface area contributed by atoms with Gasteiger partial charge in [-0.3, -0.25) is 4.79 Å². The van der Waals surface area contributed by atoms with Crippen molar-refractivity contribution in [1.82, 2.24) is 25.5 Å². The number of para-hydroxylation sites is 1. The zero-order valence-corrected chi connectivity index (χ0v) is 15.4. The summed E-state index contributed by atoms with van der Waals surface area (Å²) >= 11 is 0. The predicted octanol–water partition coefficient (Wildman–Crippen LogP) is 1.82. The van der Waals surface area contributed by atoms with E-state index in [2.05, 4.69) is 31.4 Å². The van der Waals surface area contributed by atoms with E-state index in [1.54, 1.807) is 30.3 Å². The first-order chi connectivity index (χ1) is 14.1. The molecule has 0 saturated carbocycles. The van der Waals surface area contributed by atoms with Gasteiger partial charge in [0, 0.05) is 19.3 Å². The Morgan fingerprint density at radius 2 is 1.86 bits per heavy atom. The highest BCUT2D eigenvalue weighted by Gasteiger charge is 2.13. The van der Waals surface area contributed by atoms with E-state index in [4.69, 9.17) is 4.74 Å². The van der Waals surface area contributed by atoms with Gasteiger partial charge < -0.3 is 20.7 Å². The number of rotatable bonds is 7. The van der Waals surface area contributed by atoms with Crippen molar-refractivity contribution < 1.29 is 18.7 Å². The second kappa shape index (κ2) is 9.37. The Balaban J connectivity index is 1.59. The van der Waals surface area contributed by atoms with Gasteiger partial charge >= 0.3 is 6.03 Å². The first-order valence-electron chi connectivity index (χ1n) is 8.57. The largest absolute Gasteiger partial charge is 0.383 e. The molecule has 0 saturated heterocycles. The minimum absolute atomic E-state index is 0.0738. The van der Waals surface area contributed by atoms with Gasteiger partial charge in [0.25, 0.3) is 11.7 Å². The molecule has 10 nitrogen and oxygen atoms in total. The van der Waals surface area contributed by atoms with Gasteiger partial charge in [-0.05, 0) is 41.6 Å². The Hall–Kier alpha value is -3.86. The third kappa shape index (κ3) is 5.32. The number of urea groups is 1. The molecule has 0 aliphatic rings. The number of carbonyl (C=O) groups excluding carboxylic acids is 2. The third-order valence-electron chi connectivity index (χ3n) is 3.69. The summed E-state index contributed by atoms with van der Waals surface area (Å²) < 4.78 is 18.4. The number of carbonyl (C=O) groups is 2. The summed E-state index contributed by atoms with van der Waals surface area (Å²) in [5.74, 6) is -1.07. The van der Waals surface area contributed by atoms with Crippen molar-refractivity contribution in [1.29, 1.82) is 0 Å². The second-order valence-electron chi connectivity index (χ2n) is 5.76. The lowest BCUT2D eigenvalue weighted by molar-refractivity contribution is 0.0926. The van der Waals surface area contributed by atoms with Crippen LogP contribution in [0.1, 0.15) is 10.6 Å². The van der Waals surface area contributed by atoms with Gasteiger partial charge in [-0.1, -0.05) is 12.1 Å². The van der Waals surface area contributed by atoms with Crippen molar-refractivity contribution in [2.75, 3.05) is 30.9 Å². The highest BCUT2D eigenvalue weighted by atomic mass is 19.1. The van der Waals surface area contributed by atoms with E-state index in [1.807, 2.05) is 0 Å². The second-order valence-corrected chi connectivity index (χ2v) is 5.76. The molecule has 0 atom stereocenters. The van der Waals surface area contributed by atoms with Crippen LogP contribution in [0.3, 0.4) is 0 Å². The maximum Gasteiger partial charge on any atom is 0.323 e. The summed E-state index contributed by atoms with van der Waals surface area (Å²) in [4.78, 5) is 25.1. The number of methoxy groups -OCH3 is 1. The molecule has 1 aromatic heterocycles. The van der Waals surface area contributed by atoms with Gasteiger partial charge in [-0.2, -0.15) is 0 Å². The summed E-state index contributed by atoms with van der Waals surface area (Å²) in [6.45, 7) is 0.706. The molecule has 2 aromatic carbocycles. The van der Waals surface area contributed by atoms with E-state index in [-0.39, 0.29) is 11.5 Å². The van der Waals surface area contributed by atoms with Crippen LogP contribution in [0.25, 0.3) is 5.69 Å². The smallest absolute Gasteiger partial charge is 0.323 e. The van der Waals surface area contributed by atoms with Crippen LogP contribution in [0.4, 0.5) is 20.6 Å². The van der Waals surface area contributed by atoms with E-state index in [0.29, 0.717) is 24.5 Å². The number of hydrogen-bond donors (Lipinski definition) is 3. The molecule has 0 bridgehead atoms. The molecule has 3 amide bonds. The molecule has 0 unspecified atom stereocenters. The van der Waals surface area contributed by atoms with E-state index >= 15 is 0 Å². The van der Waals surface area contributed by atoms with Crippen molar-refractivity contribution in [2.24, 2.45) is 0 Å².